The van der Waals surface area contributed by atoms with Gasteiger partial charge in [0.05, 0.1) is 10.6 Å². The lowest BCUT2D eigenvalue weighted by molar-refractivity contribution is 0.307. The fraction of sp³-hybridized carbons (Fsp3) is 0.0526. The molecule has 0 heterocycles. The van der Waals surface area contributed by atoms with E-state index < -0.39 is 10.0 Å². The van der Waals surface area contributed by atoms with Gasteiger partial charge < -0.3 is 4.74 Å². The molecule has 0 aliphatic heterocycles. The number of sulfonamides is 1. The topological polar surface area (TPSA) is 55.4 Å². The summed E-state index contributed by atoms with van der Waals surface area (Å²) < 4.78 is 33.3. The van der Waals surface area contributed by atoms with E-state index in [4.69, 9.17) is 4.74 Å². The van der Waals surface area contributed by atoms with Gasteiger partial charge in [-0.1, -0.05) is 54.6 Å². The Morgan fingerprint density at radius 1 is 0.750 bits per heavy atom. The Labute approximate surface area is 141 Å². The average Bonchev–Trinajstić information content (AvgIpc) is 2.62. The van der Waals surface area contributed by atoms with Crippen LogP contribution >= 0.6 is 0 Å². The number of hydrogen-bond acceptors (Lipinski definition) is 3. The van der Waals surface area contributed by atoms with Gasteiger partial charge in [0.1, 0.15) is 12.4 Å². The Balaban J connectivity index is 1.79. The highest BCUT2D eigenvalue weighted by Crippen LogP contribution is 2.21. The summed E-state index contributed by atoms with van der Waals surface area (Å²) >= 11 is 0. The van der Waals surface area contributed by atoms with Crippen molar-refractivity contribution < 1.29 is 13.2 Å². The Bertz CT molecular complexity index is 894. The van der Waals surface area contributed by atoms with Crippen LogP contribution in [0.1, 0.15) is 5.56 Å². The molecule has 0 saturated carbocycles. The van der Waals surface area contributed by atoms with Crippen LogP contribution in [-0.4, -0.2) is 8.42 Å². The van der Waals surface area contributed by atoms with Crippen molar-refractivity contribution in [1.29, 1.82) is 0 Å². The SMILES string of the molecule is O=S(=O)(Nc1ccccc1COc1ccccc1)c1ccccc1. The lowest BCUT2D eigenvalue weighted by Gasteiger charge is -2.13. The number of anilines is 1. The molecule has 1 N–H and O–H groups in total. The zero-order chi connectivity index (χ0) is 16.8. The molecule has 3 aromatic carbocycles. The Morgan fingerprint density at radius 3 is 2.04 bits per heavy atom. The molecule has 0 aliphatic rings. The minimum absolute atomic E-state index is 0.226. The predicted molar refractivity (Wildman–Crippen MR) is 94.5 cm³/mol. The standard InChI is InChI=1S/C19H17NO3S/c21-24(22,18-12-5-2-6-13-18)20-19-14-8-7-9-16(19)15-23-17-10-3-1-4-11-17/h1-14,20H,15H2. The molecule has 122 valence electrons. The molecule has 0 unspecified atom stereocenters. The third-order valence-corrected chi connectivity index (χ3v) is 4.83. The minimum atomic E-state index is -3.62. The van der Waals surface area contributed by atoms with Crippen LogP contribution in [0.25, 0.3) is 0 Å². The van der Waals surface area contributed by atoms with Gasteiger partial charge in [0.25, 0.3) is 10.0 Å². The van der Waals surface area contributed by atoms with Crippen molar-refractivity contribution in [2.45, 2.75) is 11.5 Å². The van der Waals surface area contributed by atoms with E-state index in [1.54, 1.807) is 42.5 Å². The van der Waals surface area contributed by atoms with E-state index in [1.807, 2.05) is 42.5 Å². The highest BCUT2D eigenvalue weighted by atomic mass is 32.2. The number of rotatable bonds is 6. The van der Waals surface area contributed by atoms with Crippen LogP contribution in [0.5, 0.6) is 5.75 Å². The monoisotopic (exact) mass is 339 g/mol. The number of para-hydroxylation sites is 2. The van der Waals surface area contributed by atoms with E-state index in [0.29, 0.717) is 5.69 Å². The van der Waals surface area contributed by atoms with E-state index in [9.17, 15) is 8.42 Å². The predicted octanol–water partition coefficient (Wildman–Crippen LogP) is 4.07. The Morgan fingerprint density at radius 2 is 1.33 bits per heavy atom. The van der Waals surface area contributed by atoms with E-state index in [0.717, 1.165) is 11.3 Å². The fourth-order valence-corrected chi connectivity index (χ4v) is 3.35. The third-order valence-electron chi connectivity index (χ3n) is 3.45. The number of benzene rings is 3. The van der Waals surface area contributed by atoms with E-state index in [2.05, 4.69) is 4.72 Å². The number of hydrogen-bond donors (Lipinski definition) is 1. The van der Waals surface area contributed by atoms with Crippen LogP contribution in [0.15, 0.2) is 89.8 Å². The summed E-state index contributed by atoms with van der Waals surface area (Å²) in [5.41, 5.74) is 1.28. The Kier molecular flexibility index (Phi) is 4.82. The molecule has 0 saturated heterocycles. The molecule has 3 aromatic rings. The van der Waals surface area contributed by atoms with Crippen molar-refractivity contribution in [3.8, 4) is 5.75 Å². The van der Waals surface area contributed by atoms with E-state index in [-0.39, 0.29) is 11.5 Å². The number of nitrogens with one attached hydrogen (secondary N) is 1. The average molecular weight is 339 g/mol. The zero-order valence-electron chi connectivity index (χ0n) is 12.9. The lowest BCUT2D eigenvalue weighted by atomic mass is 10.2. The summed E-state index contributed by atoms with van der Waals surface area (Å²) in [4.78, 5) is 0.226. The first kappa shape index (κ1) is 16.1. The second-order valence-electron chi connectivity index (χ2n) is 5.18. The van der Waals surface area contributed by atoms with Gasteiger partial charge in [-0.25, -0.2) is 8.42 Å². The van der Waals surface area contributed by atoms with Crippen LogP contribution < -0.4 is 9.46 Å². The van der Waals surface area contributed by atoms with Gasteiger partial charge >= 0.3 is 0 Å². The summed E-state index contributed by atoms with van der Waals surface area (Å²) in [6.45, 7) is 0.275. The molecule has 0 spiro atoms. The Hall–Kier alpha value is -2.79. The molecule has 5 heteroatoms. The van der Waals surface area contributed by atoms with Crippen LogP contribution in [0.4, 0.5) is 5.69 Å². The van der Waals surface area contributed by atoms with Gasteiger partial charge in [-0.05, 0) is 30.3 Å². The molecule has 0 fully saturated rings. The first-order chi connectivity index (χ1) is 11.6. The summed E-state index contributed by atoms with van der Waals surface area (Å²) in [6, 6.07) is 24.9. The van der Waals surface area contributed by atoms with Crippen LogP contribution in [0, 0.1) is 0 Å². The third kappa shape index (κ3) is 3.94. The molecule has 0 aromatic heterocycles. The maximum atomic E-state index is 12.5. The quantitative estimate of drug-likeness (QED) is 0.736. The lowest BCUT2D eigenvalue weighted by Crippen LogP contribution is -2.14. The second kappa shape index (κ2) is 7.19. The largest absolute Gasteiger partial charge is 0.489 e. The van der Waals surface area contributed by atoms with Crippen molar-refractivity contribution in [2.24, 2.45) is 0 Å². The van der Waals surface area contributed by atoms with E-state index in [1.165, 1.54) is 0 Å². The maximum Gasteiger partial charge on any atom is 0.261 e. The molecule has 0 radical (unpaired) electrons. The molecule has 0 aliphatic carbocycles. The highest BCUT2D eigenvalue weighted by Gasteiger charge is 2.15. The van der Waals surface area contributed by atoms with Crippen LogP contribution in [-0.2, 0) is 16.6 Å². The fourth-order valence-electron chi connectivity index (χ4n) is 2.23. The zero-order valence-corrected chi connectivity index (χ0v) is 13.7. The molecule has 24 heavy (non-hydrogen) atoms. The normalized spacial score (nSPS) is 11.0. The van der Waals surface area contributed by atoms with Gasteiger partial charge in [-0.15, -0.1) is 0 Å². The summed E-state index contributed by atoms with van der Waals surface area (Å²) in [5.74, 6) is 0.734. The molecule has 0 amide bonds. The molecule has 3 rings (SSSR count). The smallest absolute Gasteiger partial charge is 0.261 e. The first-order valence-corrected chi connectivity index (χ1v) is 8.97. The molecule has 0 atom stereocenters. The van der Waals surface area contributed by atoms with Gasteiger partial charge in [0, 0.05) is 5.56 Å². The van der Waals surface area contributed by atoms with E-state index >= 15 is 0 Å². The van der Waals surface area contributed by atoms with Crippen molar-refractivity contribution in [2.75, 3.05) is 4.72 Å². The maximum absolute atomic E-state index is 12.5. The minimum Gasteiger partial charge on any atom is -0.489 e. The van der Waals surface area contributed by atoms with Crippen LogP contribution in [0.3, 0.4) is 0 Å². The van der Waals surface area contributed by atoms with Crippen molar-refractivity contribution in [3.63, 3.8) is 0 Å². The van der Waals surface area contributed by atoms with Gasteiger partial charge in [-0.2, -0.15) is 0 Å². The highest BCUT2D eigenvalue weighted by molar-refractivity contribution is 7.92. The van der Waals surface area contributed by atoms with Crippen molar-refractivity contribution in [3.05, 3.63) is 90.5 Å². The molecular weight excluding hydrogens is 322 g/mol. The molecule has 0 bridgehead atoms. The van der Waals surface area contributed by atoms with Gasteiger partial charge in [0.2, 0.25) is 0 Å². The summed E-state index contributed by atoms with van der Waals surface area (Å²) in [6.07, 6.45) is 0. The van der Waals surface area contributed by atoms with Gasteiger partial charge in [0.15, 0.2) is 0 Å². The molecular formula is C19H17NO3S. The summed E-state index contributed by atoms with van der Waals surface area (Å²) in [5, 5.41) is 0. The van der Waals surface area contributed by atoms with Gasteiger partial charge in [-0.3, -0.25) is 4.72 Å². The first-order valence-electron chi connectivity index (χ1n) is 7.49. The van der Waals surface area contributed by atoms with Crippen molar-refractivity contribution in [1.82, 2.24) is 0 Å². The molecule has 4 nitrogen and oxygen atoms in total. The second-order valence-corrected chi connectivity index (χ2v) is 6.86. The number of ether oxygens (including phenoxy) is 1. The van der Waals surface area contributed by atoms with Crippen LogP contribution in [0.2, 0.25) is 0 Å². The summed E-state index contributed by atoms with van der Waals surface area (Å²) in [7, 11) is -3.62. The van der Waals surface area contributed by atoms with Crippen molar-refractivity contribution >= 4 is 15.7 Å².